The molecule has 3 N–H and O–H groups in total. The van der Waals surface area contributed by atoms with E-state index in [-0.39, 0.29) is 43.2 Å². The number of amides is 2. The Balaban J connectivity index is 1.20. The van der Waals surface area contributed by atoms with Gasteiger partial charge >= 0.3 is 12.1 Å². The first kappa shape index (κ1) is 21.9. The van der Waals surface area contributed by atoms with Gasteiger partial charge in [-0.1, -0.05) is 55.0 Å². The van der Waals surface area contributed by atoms with Crippen LogP contribution in [0.1, 0.15) is 42.7 Å². The standard InChI is InChI=1S/C25H28N2O5/c28-23(27-14-16-6-5-11-17(16)24(29)30)12-13-26-25(31)32-15-22-20-9-3-1-7-18(20)19-8-2-4-10-21(19)22/h1-4,7-10,16-17,22H,5-6,11-15H2,(H,26,31)(H,27,28)(H,29,30)/t16-,17-/m1/s1. The van der Waals surface area contributed by atoms with Gasteiger partial charge in [0, 0.05) is 25.4 Å². The van der Waals surface area contributed by atoms with Crippen molar-refractivity contribution in [1.82, 2.24) is 10.6 Å². The lowest BCUT2D eigenvalue weighted by Crippen LogP contribution is -2.35. The molecule has 7 heteroatoms. The van der Waals surface area contributed by atoms with Gasteiger partial charge in [-0.2, -0.15) is 0 Å². The first-order valence-corrected chi connectivity index (χ1v) is 11.1. The second-order valence-electron chi connectivity index (χ2n) is 8.44. The lowest BCUT2D eigenvalue weighted by molar-refractivity contribution is -0.143. The fourth-order valence-electron chi connectivity index (χ4n) is 4.87. The van der Waals surface area contributed by atoms with Crippen LogP contribution in [-0.4, -0.2) is 42.8 Å². The second kappa shape index (κ2) is 9.85. The van der Waals surface area contributed by atoms with Gasteiger partial charge in [-0.25, -0.2) is 4.79 Å². The van der Waals surface area contributed by atoms with Crippen molar-refractivity contribution in [2.24, 2.45) is 11.8 Å². The molecule has 0 radical (unpaired) electrons. The summed E-state index contributed by atoms with van der Waals surface area (Å²) in [6.07, 6.45) is 1.92. The number of carbonyl (C=O) groups excluding carboxylic acids is 2. The summed E-state index contributed by atoms with van der Waals surface area (Å²) in [6.45, 7) is 0.751. The minimum atomic E-state index is -0.793. The Kier molecular flexibility index (Phi) is 6.73. The summed E-state index contributed by atoms with van der Waals surface area (Å²) >= 11 is 0. The Morgan fingerprint density at radius 3 is 2.25 bits per heavy atom. The van der Waals surface area contributed by atoms with Crippen LogP contribution in [0, 0.1) is 11.8 Å². The van der Waals surface area contributed by atoms with E-state index in [9.17, 15) is 19.5 Å². The molecule has 0 bridgehead atoms. The number of fused-ring (bicyclic) bond motifs is 3. The number of alkyl carbamates (subject to hydrolysis) is 1. The molecule has 2 atom stereocenters. The Bertz CT molecular complexity index is 960. The monoisotopic (exact) mass is 436 g/mol. The molecule has 0 aromatic heterocycles. The lowest BCUT2D eigenvalue weighted by Gasteiger charge is -2.16. The maximum absolute atomic E-state index is 12.2. The highest BCUT2D eigenvalue weighted by Gasteiger charge is 2.33. The molecule has 4 rings (SSSR count). The SMILES string of the molecule is O=C(CCNC(=O)OCC1c2ccccc2-c2ccccc21)NC[C@H]1CCC[C@H]1C(=O)O. The normalized spacial score (nSPS) is 19.1. The Labute approximate surface area is 187 Å². The van der Waals surface area contributed by atoms with Crippen LogP contribution in [0.15, 0.2) is 48.5 Å². The molecule has 1 saturated carbocycles. The third-order valence-corrected chi connectivity index (χ3v) is 6.50. The predicted octanol–water partition coefficient (Wildman–Crippen LogP) is 3.53. The lowest BCUT2D eigenvalue weighted by atomic mass is 9.96. The molecule has 2 aliphatic rings. The van der Waals surface area contributed by atoms with Crippen LogP contribution in [0.25, 0.3) is 11.1 Å². The molecule has 32 heavy (non-hydrogen) atoms. The number of aliphatic carboxylic acids is 1. The highest BCUT2D eigenvalue weighted by molar-refractivity contribution is 5.79. The molecule has 168 valence electrons. The molecule has 1 fully saturated rings. The molecule has 0 saturated heterocycles. The summed E-state index contributed by atoms with van der Waals surface area (Å²) in [5, 5.41) is 14.6. The summed E-state index contributed by atoms with van der Waals surface area (Å²) in [5.74, 6) is -1.41. The third kappa shape index (κ3) is 4.77. The van der Waals surface area contributed by atoms with Crippen molar-refractivity contribution in [3.05, 3.63) is 59.7 Å². The Morgan fingerprint density at radius 2 is 1.59 bits per heavy atom. The smallest absolute Gasteiger partial charge is 0.407 e. The number of rotatable bonds is 8. The number of carbonyl (C=O) groups is 3. The topological polar surface area (TPSA) is 105 Å². The van der Waals surface area contributed by atoms with E-state index in [4.69, 9.17) is 4.74 Å². The molecular formula is C25H28N2O5. The van der Waals surface area contributed by atoms with Crippen LogP contribution in [0.4, 0.5) is 4.79 Å². The molecule has 2 aliphatic carbocycles. The van der Waals surface area contributed by atoms with Crippen molar-refractivity contribution in [3.8, 4) is 11.1 Å². The van der Waals surface area contributed by atoms with Crippen molar-refractivity contribution in [3.63, 3.8) is 0 Å². The minimum Gasteiger partial charge on any atom is -0.481 e. The van der Waals surface area contributed by atoms with Crippen LogP contribution in [0.3, 0.4) is 0 Å². The number of carboxylic acids is 1. The summed E-state index contributed by atoms with van der Waals surface area (Å²) in [7, 11) is 0. The van der Waals surface area contributed by atoms with Gasteiger partial charge < -0.3 is 20.5 Å². The van der Waals surface area contributed by atoms with Crippen LogP contribution < -0.4 is 10.6 Å². The van der Waals surface area contributed by atoms with E-state index < -0.39 is 12.1 Å². The molecule has 0 unspecified atom stereocenters. The zero-order valence-electron chi connectivity index (χ0n) is 17.9. The average Bonchev–Trinajstić information content (AvgIpc) is 3.39. The zero-order chi connectivity index (χ0) is 22.5. The molecule has 0 spiro atoms. The second-order valence-corrected chi connectivity index (χ2v) is 8.44. The molecule has 2 aromatic rings. The molecule has 7 nitrogen and oxygen atoms in total. The molecule has 2 amide bonds. The van der Waals surface area contributed by atoms with Gasteiger partial charge in [0.25, 0.3) is 0 Å². The van der Waals surface area contributed by atoms with Gasteiger partial charge in [0.15, 0.2) is 0 Å². The van der Waals surface area contributed by atoms with Crippen molar-refractivity contribution >= 4 is 18.0 Å². The Hall–Kier alpha value is -3.35. The molecular weight excluding hydrogens is 408 g/mol. The van der Waals surface area contributed by atoms with Gasteiger partial charge in [-0.05, 0) is 41.0 Å². The highest BCUT2D eigenvalue weighted by atomic mass is 16.5. The quantitative estimate of drug-likeness (QED) is 0.587. The third-order valence-electron chi connectivity index (χ3n) is 6.50. The maximum Gasteiger partial charge on any atom is 0.407 e. The average molecular weight is 437 g/mol. The van der Waals surface area contributed by atoms with E-state index >= 15 is 0 Å². The Morgan fingerprint density at radius 1 is 0.938 bits per heavy atom. The minimum absolute atomic E-state index is 0.00922. The number of nitrogens with one attached hydrogen (secondary N) is 2. The van der Waals surface area contributed by atoms with Crippen molar-refractivity contribution < 1.29 is 24.2 Å². The zero-order valence-corrected chi connectivity index (χ0v) is 17.9. The van der Waals surface area contributed by atoms with E-state index in [1.54, 1.807) is 0 Å². The first-order valence-electron chi connectivity index (χ1n) is 11.1. The van der Waals surface area contributed by atoms with Crippen molar-refractivity contribution in [2.45, 2.75) is 31.6 Å². The number of hydrogen-bond donors (Lipinski definition) is 3. The van der Waals surface area contributed by atoms with Gasteiger partial charge in [0.1, 0.15) is 6.61 Å². The number of carboxylic acid groups (broad SMARTS) is 1. The number of ether oxygens (including phenoxy) is 1. The van der Waals surface area contributed by atoms with Gasteiger partial charge in [0.05, 0.1) is 5.92 Å². The maximum atomic E-state index is 12.2. The first-order chi connectivity index (χ1) is 15.5. The van der Waals surface area contributed by atoms with E-state index in [0.29, 0.717) is 13.0 Å². The fraction of sp³-hybridized carbons (Fsp3) is 0.400. The van der Waals surface area contributed by atoms with Gasteiger partial charge in [-0.15, -0.1) is 0 Å². The van der Waals surface area contributed by atoms with E-state index in [1.807, 2.05) is 24.3 Å². The largest absolute Gasteiger partial charge is 0.481 e. The predicted molar refractivity (Wildman–Crippen MR) is 119 cm³/mol. The van der Waals surface area contributed by atoms with E-state index in [0.717, 1.165) is 24.0 Å². The van der Waals surface area contributed by atoms with E-state index in [2.05, 4.69) is 34.9 Å². The van der Waals surface area contributed by atoms with Crippen LogP contribution in [0.2, 0.25) is 0 Å². The van der Waals surface area contributed by atoms with Crippen LogP contribution in [-0.2, 0) is 14.3 Å². The summed E-state index contributed by atoms with van der Waals surface area (Å²) in [6, 6.07) is 16.3. The van der Waals surface area contributed by atoms with Crippen molar-refractivity contribution in [1.29, 1.82) is 0 Å². The summed E-state index contributed by atoms with van der Waals surface area (Å²) in [4.78, 5) is 35.4. The fourth-order valence-corrected chi connectivity index (χ4v) is 4.87. The van der Waals surface area contributed by atoms with Crippen molar-refractivity contribution in [2.75, 3.05) is 19.7 Å². The molecule has 2 aromatic carbocycles. The van der Waals surface area contributed by atoms with Gasteiger partial charge in [0.2, 0.25) is 5.91 Å². The summed E-state index contributed by atoms with van der Waals surface area (Å²) < 4.78 is 5.46. The number of hydrogen-bond acceptors (Lipinski definition) is 4. The van der Waals surface area contributed by atoms with Crippen LogP contribution in [0.5, 0.6) is 0 Å². The molecule has 0 heterocycles. The molecule has 0 aliphatic heterocycles. The van der Waals surface area contributed by atoms with Gasteiger partial charge in [-0.3, -0.25) is 9.59 Å². The highest BCUT2D eigenvalue weighted by Crippen LogP contribution is 2.44. The van der Waals surface area contributed by atoms with Crippen LogP contribution >= 0.6 is 0 Å². The number of benzene rings is 2. The van der Waals surface area contributed by atoms with E-state index in [1.165, 1.54) is 11.1 Å². The summed E-state index contributed by atoms with van der Waals surface area (Å²) in [5.41, 5.74) is 4.63.